The molecule has 1 fully saturated rings. The van der Waals surface area contributed by atoms with Crippen molar-refractivity contribution in [2.24, 2.45) is 5.92 Å². The Morgan fingerprint density at radius 2 is 2.44 bits per heavy atom. The summed E-state index contributed by atoms with van der Waals surface area (Å²) in [7, 11) is 0. The Bertz CT molecular complexity index is 419. The number of hydrogen-bond donors (Lipinski definition) is 0. The SMILES string of the molecule is CCOC(=O)[C@H]1CCCN(C(=O)c2cscn2)C1. The van der Waals surface area contributed by atoms with E-state index in [0.29, 0.717) is 25.4 Å². The maximum absolute atomic E-state index is 12.1. The van der Waals surface area contributed by atoms with Gasteiger partial charge in [0.2, 0.25) is 0 Å². The predicted molar refractivity (Wildman–Crippen MR) is 67.4 cm³/mol. The lowest BCUT2D eigenvalue weighted by Crippen LogP contribution is -2.42. The second-order valence-electron chi connectivity index (χ2n) is 4.22. The topological polar surface area (TPSA) is 59.5 Å². The molecule has 0 N–H and O–H groups in total. The van der Waals surface area contributed by atoms with Gasteiger partial charge in [0.05, 0.1) is 18.0 Å². The Labute approximate surface area is 110 Å². The average molecular weight is 268 g/mol. The normalized spacial score (nSPS) is 19.6. The minimum Gasteiger partial charge on any atom is -0.466 e. The van der Waals surface area contributed by atoms with E-state index >= 15 is 0 Å². The summed E-state index contributed by atoms with van der Waals surface area (Å²) in [6.07, 6.45) is 1.62. The van der Waals surface area contributed by atoms with Crippen LogP contribution in [0, 0.1) is 5.92 Å². The fourth-order valence-electron chi connectivity index (χ4n) is 2.09. The zero-order valence-corrected chi connectivity index (χ0v) is 11.1. The van der Waals surface area contributed by atoms with Gasteiger partial charge in [-0.25, -0.2) is 4.98 Å². The molecule has 6 heteroatoms. The van der Waals surface area contributed by atoms with Crippen LogP contribution < -0.4 is 0 Å². The molecule has 18 heavy (non-hydrogen) atoms. The molecule has 5 nitrogen and oxygen atoms in total. The van der Waals surface area contributed by atoms with Gasteiger partial charge in [0.25, 0.3) is 5.91 Å². The third kappa shape index (κ3) is 2.87. The molecule has 1 atom stereocenters. The lowest BCUT2D eigenvalue weighted by Gasteiger charge is -2.31. The third-order valence-electron chi connectivity index (χ3n) is 2.98. The largest absolute Gasteiger partial charge is 0.466 e. The number of piperidine rings is 1. The van der Waals surface area contributed by atoms with Gasteiger partial charge in [-0.05, 0) is 19.8 Å². The van der Waals surface area contributed by atoms with Crippen LogP contribution in [-0.4, -0.2) is 41.5 Å². The molecule has 1 aliphatic rings. The molecule has 0 saturated carbocycles. The smallest absolute Gasteiger partial charge is 0.310 e. The maximum atomic E-state index is 12.1. The van der Waals surface area contributed by atoms with E-state index in [9.17, 15) is 9.59 Å². The van der Waals surface area contributed by atoms with E-state index in [4.69, 9.17) is 4.74 Å². The van der Waals surface area contributed by atoms with Crippen LogP contribution in [0.2, 0.25) is 0 Å². The van der Waals surface area contributed by atoms with Gasteiger partial charge in [-0.2, -0.15) is 0 Å². The fourth-order valence-corrected chi connectivity index (χ4v) is 2.62. The van der Waals surface area contributed by atoms with Gasteiger partial charge in [-0.1, -0.05) is 0 Å². The van der Waals surface area contributed by atoms with Crippen molar-refractivity contribution in [2.75, 3.05) is 19.7 Å². The van der Waals surface area contributed by atoms with Gasteiger partial charge in [-0.15, -0.1) is 11.3 Å². The lowest BCUT2D eigenvalue weighted by atomic mass is 9.98. The van der Waals surface area contributed by atoms with E-state index in [0.717, 1.165) is 12.8 Å². The summed E-state index contributed by atoms with van der Waals surface area (Å²) < 4.78 is 5.01. The number of amides is 1. The first kappa shape index (κ1) is 13.0. The molecule has 0 aliphatic carbocycles. The van der Waals surface area contributed by atoms with E-state index in [1.54, 1.807) is 22.7 Å². The Kier molecular flexibility index (Phi) is 4.30. The molecule has 1 saturated heterocycles. The van der Waals surface area contributed by atoms with Gasteiger partial charge in [0.15, 0.2) is 0 Å². The van der Waals surface area contributed by atoms with Crippen LogP contribution >= 0.6 is 11.3 Å². The standard InChI is InChI=1S/C12H16N2O3S/c1-2-17-12(16)9-4-3-5-14(6-9)11(15)10-7-18-8-13-10/h7-9H,2-6H2,1H3/t9-/m0/s1. The van der Waals surface area contributed by atoms with Crippen molar-refractivity contribution in [1.29, 1.82) is 0 Å². The van der Waals surface area contributed by atoms with Crippen LogP contribution in [0.1, 0.15) is 30.3 Å². The first-order valence-electron chi connectivity index (χ1n) is 6.06. The van der Waals surface area contributed by atoms with Gasteiger partial charge < -0.3 is 9.64 Å². The summed E-state index contributed by atoms with van der Waals surface area (Å²) >= 11 is 1.40. The molecule has 0 bridgehead atoms. The second kappa shape index (κ2) is 5.95. The van der Waals surface area contributed by atoms with E-state index in [1.807, 2.05) is 0 Å². The van der Waals surface area contributed by atoms with Crippen molar-refractivity contribution in [3.8, 4) is 0 Å². The van der Waals surface area contributed by atoms with E-state index in [1.165, 1.54) is 11.3 Å². The number of carbonyl (C=O) groups is 2. The molecular weight excluding hydrogens is 252 g/mol. The molecule has 2 rings (SSSR count). The number of aromatic nitrogens is 1. The molecular formula is C12H16N2O3S. The molecule has 0 spiro atoms. The Morgan fingerprint density at radius 3 is 3.11 bits per heavy atom. The summed E-state index contributed by atoms with van der Waals surface area (Å²) in [6, 6.07) is 0. The van der Waals surface area contributed by atoms with Gasteiger partial charge in [-0.3, -0.25) is 9.59 Å². The van der Waals surface area contributed by atoms with E-state index in [2.05, 4.69) is 4.98 Å². The summed E-state index contributed by atoms with van der Waals surface area (Å²) in [6.45, 7) is 3.30. The van der Waals surface area contributed by atoms with Crippen molar-refractivity contribution in [3.05, 3.63) is 16.6 Å². The zero-order valence-electron chi connectivity index (χ0n) is 10.3. The van der Waals surface area contributed by atoms with Crippen LogP contribution in [-0.2, 0) is 9.53 Å². The van der Waals surface area contributed by atoms with E-state index < -0.39 is 0 Å². The third-order valence-corrected chi connectivity index (χ3v) is 3.57. The highest BCUT2D eigenvalue weighted by molar-refractivity contribution is 7.07. The van der Waals surface area contributed by atoms with Crippen LogP contribution in [0.3, 0.4) is 0 Å². The van der Waals surface area contributed by atoms with Crippen molar-refractivity contribution >= 4 is 23.2 Å². The zero-order chi connectivity index (χ0) is 13.0. The number of rotatable bonds is 3. The first-order chi connectivity index (χ1) is 8.72. The highest BCUT2D eigenvalue weighted by Crippen LogP contribution is 2.19. The van der Waals surface area contributed by atoms with Gasteiger partial charge >= 0.3 is 5.97 Å². The van der Waals surface area contributed by atoms with Crippen LogP contribution in [0.25, 0.3) is 0 Å². The molecule has 1 aliphatic heterocycles. The first-order valence-corrected chi connectivity index (χ1v) is 7.00. The van der Waals surface area contributed by atoms with E-state index in [-0.39, 0.29) is 17.8 Å². The van der Waals surface area contributed by atoms with Crippen molar-refractivity contribution < 1.29 is 14.3 Å². The average Bonchev–Trinajstić information content (AvgIpc) is 2.92. The summed E-state index contributed by atoms with van der Waals surface area (Å²) in [5.74, 6) is -0.486. The Hall–Kier alpha value is -1.43. The number of likely N-dealkylation sites (tertiary alicyclic amines) is 1. The number of nitrogens with zero attached hydrogens (tertiary/aromatic N) is 2. The van der Waals surface area contributed by atoms with Gasteiger partial charge in [0.1, 0.15) is 5.69 Å². The molecule has 0 radical (unpaired) electrons. The minimum atomic E-state index is -0.201. The van der Waals surface area contributed by atoms with Crippen molar-refractivity contribution in [1.82, 2.24) is 9.88 Å². The summed E-state index contributed by atoms with van der Waals surface area (Å²) in [5, 5.41) is 1.73. The molecule has 0 unspecified atom stereocenters. The summed E-state index contributed by atoms with van der Waals surface area (Å²) in [4.78, 5) is 29.5. The lowest BCUT2D eigenvalue weighted by molar-refractivity contribution is -0.149. The van der Waals surface area contributed by atoms with Crippen LogP contribution in [0.5, 0.6) is 0 Å². The second-order valence-corrected chi connectivity index (χ2v) is 4.93. The molecule has 1 amide bonds. The Morgan fingerprint density at radius 1 is 1.61 bits per heavy atom. The minimum absolute atomic E-state index is 0.0924. The predicted octanol–water partition coefficient (Wildman–Crippen LogP) is 1.56. The highest BCUT2D eigenvalue weighted by Gasteiger charge is 2.30. The summed E-state index contributed by atoms with van der Waals surface area (Å²) in [5.41, 5.74) is 2.10. The fraction of sp³-hybridized carbons (Fsp3) is 0.583. The van der Waals surface area contributed by atoms with Crippen LogP contribution in [0.4, 0.5) is 0 Å². The number of ether oxygens (including phenoxy) is 1. The monoisotopic (exact) mass is 268 g/mol. The van der Waals surface area contributed by atoms with Gasteiger partial charge in [0, 0.05) is 18.5 Å². The van der Waals surface area contributed by atoms with Crippen molar-refractivity contribution in [2.45, 2.75) is 19.8 Å². The number of thiazole rings is 1. The molecule has 2 heterocycles. The van der Waals surface area contributed by atoms with Crippen molar-refractivity contribution in [3.63, 3.8) is 0 Å². The quantitative estimate of drug-likeness (QED) is 0.781. The van der Waals surface area contributed by atoms with Crippen LogP contribution in [0.15, 0.2) is 10.9 Å². The molecule has 1 aromatic heterocycles. The number of hydrogen-bond acceptors (Lipinski definition) is 5. The molecule has 0 aromatic carbocycles. The maximum Gasteiger partial charge on any atom is 0.310 e. The number of carbonyl (C=O) groups excluding carboxylic acids is 2. The highest BCUT2D eigenvalue weighted by atomic mass is 32.1. The Balaban J connectivity index is 1.98. The molecule has 1 aromatic rings. The molecule has 98 valence electrons. The number of esters is 1.